The predicted molar refractivity (Wildman–Crippen MR) is 92.9 cm³/mol. The van der Waals surface area contributed by atoms with Crippen molar-refractivity contribution in [2.45, 2.75) is 25.8 Å². The van der Waals surface area contributed by atoms with Crippen molar-refractivity contribution in [2.24, 2.45) is 5.92 Å². The van der Waals surface area contributed by atoms with Gasteiger partial charge in [-0.1, -0.05) is 36.4 Å². The Hall–Kier alpha value is -3.02. The lowest BCUT2D eigenvalue weighted by molar-refractivity contribution is 0.501. The van der Waals surface area contributed by atoms with E-state index >= 15 is 0 Å². The molecule has 1 aliphatic carbocycles. The Morgan fingerprint density at radius 1 is 1.04 bits per heavy atom. The van der Waals surface area contributed by atoms with E-state index in [0.717, 1.165) is 34.5 Å². The number of hydrogen-bond donors (Lipinski definition) is 0. The number of hydrogen-bond acceptors (Lipinski definition) is 5. The zero-order valence-electron chi connectivity index (χ0n) is 13.8. The molecule has 2 aromatic heterocycles. The Kier molecular flexibility index (Phi) is 3.16. The van der Waals surface area contributed by atoms with Gasteiger partial charge in [0.1, 0.15) is 5.52 Å². The van der Waals surface area contributed by atoms with E-state index < -0.39 is 0 Å². The van der Waals surface area contributed by atoms with Gasteiger partial charge in [0, 0.05) is 11.5 Å². The van der Waals surface area contributed by atoms with Crippen LogP contribution in [0.2, 0.25) is 0 Å². The van der Waals surface area contributed by atoms with Crippen LogP contribution in [0.1, 0.15) is 30.7 Å². The lowest BCUT2D eigenvalue weighted by Gasteiger charge is -2.03. The van der Waals surface area contributed by atoms with Crippen molar-refractivity contribution in [3.63, 3.8) is 0 Å². The summed E-state index contributed by atoms with van der Waals surface area (Å²) in [5.74, 6) is 2.46. The zero-order valence-corrected chi connectivity index (χ0v) is 13.8. The van der Waals surface area contributed by atoms with Gasteiger partial charge in [-0.05, 0) is 42.2 Å². The molecule has 25 heavy (non-hydrogen) atoms. The van der Waals surface area contributed by atoms with E-state index in [9.17, 15) is 0 Å². The molecule has 0 spiro atoms. The largest absolute Gasteiger partial charge is 0.420 e. The highest BCUT2D eigenvalue weighted by atomic mass is 16.4. The molecule has 5 rings (SSSR count). The van der Waals surface area contributed by atoms with Crippen LogP contribution in [0.3, 0.4) is 0 Å². The number of rotatable bonds is 4. The molecule has 0 bridgehead atoms. The summed E-state index contributed by atoms with van der Waals surface area (Å²) in [6.45, 7) is 2.88. The summed E-state index contributed by atoms with van der Waals surface area (Å²) >= 11 is 0. The van der Waals surface area contributed by atoms with Gasteiger partial charge in [0.25, 0.3) is 0 Å². The fourth-order valence-corrected chi connectivity index (χ4v) is 3.13. The van der Waals surface area contributed by atoms with Gasteiger partial charge in [-0.15, -0.1) is 15.3 Å². The number of para-hydroxylation sites is 1. The van der Waals surface area contributed by atoms with Crippen LogP contribution in [0.5, 0.6) is 0 Å². The van der Waals surface area contributed by atoms with Crippen LogP contribution in [0, 0.1) is 5.92 Å². The van der Waals surface area contributed by atoms with Gasteiger partial charge in [0.15, 0.2) is 0 Å². The quantitative estimate of drug-likeness (QED) is 0.571. The van der Waals surface area contributed by atoms with Crippen LogP contribution < -0.4 is 0 Å². The second-order valence-electron chi connectivity index (χ2n) is 6.70. The highest BCUT2D eigenvalue weighted by Gasteiger charge is 2.38. The maximum absolute atomic E-state index is 5.82. The van der Waals surface area contributed by atoms with Gasteiger partial charge >= 0.3 is 0 Å². The van der Waals surface area contributed by atoms with Gasteiger partial charge in [-0.3, -0.25) is 0 Å². The Morgan fingerprint density at radius 2 is 1.84 bits per heavy atom. The van der Waals surface area contributed by atoms with Crippen molar-refractivity contribution in [3.8, 4) is 11.5 Å². The minimum Gasteiger partial charge on any atom is -0.420 e. The van der Waals surface area contributed by atoms with E-state index in [1.165, 1.54) is 0 Å². The summed E-state index contributed by atoms with van der Waals surface area (Å²) in [4.78, 5) is 0. The Labute approximate surface area is 144 Å². The van der Waals surface area contributed by atoms with Crippen molar-refractivity contribution in [1.82, 2.24) is 25.2 Å². The lowest BCUT2D eigenvalue weighted by Crippen LogP contribution is -2.01. The van der Waals surface area contributed by atoms with Crippen molar-refractivity contribution >= 4 is 11.0 Å². The molecule has 1 saturated carbocycles. The molecule has 1 aliphatic rings. The third kappa shape index (κ3) is 2.59. The number of benzene rings is 2. The predicted octanol–water partition coefficient (Wildman–Crippen LogP) is 3.65. The molecular formula is C19H17N5O. The topological polar surface area (TPSA) is 69.6 Å². The van der Waals surface area contributed by atoms with Gasteiger partial charge in [-0.25, -0.2) is 4.68 Å². The zero-order chi connectivity index (χ0) is 16.8. The van der Waals surface area contributed by atoms with E-state index in [1.807, 2.05) is 41.1 Å². The molecule has 4 aromatic rings. The van der Waals surface area contributed by atoms with Crippen LogP contribution in [0.25, 0.3) is 22.5 Å². The minimum atomic E-state index is 0.445. The minimum absolute atomic E-state index is 0.445. The molecule has 2 atom stereocenters. The lowest BCUT2D eigenvalue weighted by atomic mass is 10.1. The first kappa shape index (κ1) is 14.3. The molecule has 0 amide bonds. The average Bonchev–Trinajstić information content (AvgIpc) is 3.05. The van der Waals surface area contributed by atoms with Crippen LogP contribution in [-0.2, 0) is 6.54 Å². The number of aromatic nitrogens is 5. The molecule has 0 radical (unpaired) electrons. The van der Waals surface area contributed by atoms with Gasteiger partial charge in [0.05, 0.1) is 12.1 Å². The van der Waals surface area contributed by atoms with E-state index in [0.29, 0.717) is 24.3 Å². The maximum atomic E-state index is 5.82. The highest BCUT2D eigenvalue weighted by Crippen LogP contribution is 2.46. The normalized spacial score (nSPS) is 19.4. The van der Waals surface area contributed by atoms with E-state index in [-0.39, 0.29) is 0 Å². The maximum Gasteiger partial charge on any atom is 0.247 e. The Balaban J connectivity index is 1.37. The molecule has 2 heterocycles. The molecule has 0 N–H and O–H groups in total. The summed E-state index contributed by atoms with van der Waals surface area (Å²) in [6, 6.07) is 16.1. The molecule has 2 unspecified atom stereocenters. The Morgan fingerprint density at radius 3 is 2.64 bits per heavy atom. The molecule has 2 aromatic carbocycles. The third-order valence-corrected chi connectivity index (χ3v) is 4.82. The smallest absolute Gasteiger partial charge is 0.247 e. The number of fused-ring (bicyclic) bond motifs is 1. The molecular weight excluding hydrogens is 314 g/mol. The number of nitrogens with zero attached hydrogens (tertiary/aromatic N) is 5. The fourth-order valence-electron chi connectivity index (χ4n) is 3.13. The van der Waals surface area contributed by atoms with E-state index in [2.05, 4.69) is 39.6 Å². The molecule has 1 fully saturated rings. The first-order chi connectivity index (χ1) is 12.3. The third-order valence-electron chi connectivity index (χ3n) is 4.82. The van der Waals surface area contributed by atoms with E-state index in [1.54, 1.807) is 0 Å². The molecule has 124 valence electrons. The molecule has 0 aliphatic heterocycles. The summed E-state index contributed by atoms with van der Waals surface area (Å²) in [7, 11) is 0. The first-order valence-corrected chi connectivity index (χ1v) is 8.49. The highest BCUT2D eigenvalue weighted by molar-refractivity contribution is 5.73. The van der Waals surface area contributed by atoms with Gasteiger partial charge in [-0.2, -0.15) is 0 Å². The van der Waals surface area contributed by atoms with E-state index in [4.69, 9.17) is 4.42 Å². The van der Waals surface area contributed by atoms with Crippen LogP contribution >= 0.6 is 0 Å². The summed E-state index contributed by atoms with van der Waals surface area (Å²) in [5, 5.41) is 16.8. The SMILES string of the molecule is CC1CC1c1nnc(-c2ccc(Cn3nnc4ccccc43)cc2)o1. The second-order valence-corrected chi connectivity index (χ2v) is 6.70. The van der Waals surface area contributed by atoms with Crippen molar-refractivity contribution in [1.29, 1.82) is 0 Å². The molecule has 6 heteroatoms. The van der Waals surface area contributed by atoms with Gasteiger partial charge in [0.2, 0.25) is 11.8 Å². The van der Waals surface area contributed by atoms with Crippen LogP contribution in [0.15, 0.2) is 52.9 Å². The Bertz CT molecular complexity index is 1030. The van der Waals surface area contributed by atoms with Crippen molar-refractivity contribution in [2.75, 3.05) is 0 Å². The van der Waals surface area contributed by atoms with Crippen LogP contribution in [0.4, 0.5) is 0 Å². The molecule has 6 nitrogen and oxygen atoms in total. The standard InChI is InChI=1S/C19H17N5O/c1-12-10-15(12)19-22-21-18(25-19)14-8-6-13(7-9-14)11-24-17-5-3-2-4-16(17)20-23-24/h2-9,12,15H,10-11H2,1H3. The summed E-state index contributed by atoms with van der Waals surface area (Å²) in [6.07, 6.45) is 1.15. The van der Waals surface area contributed by atoms with Crippen molar-refractivity contribution < 1.29 is 4.42 Å². The molecule has 0 saturated heterocycles. The summed E-state index contributed by atoms with van der Waals surface area (Å²) in [5.41, 5.74) is 4.03. The average molecular weight is 331 g/mol. The monoisotopic (exact) mass is 331 g/mol. The van der Waals surface area contributed by atoms with Gasteiger partial charge < -0.3 is 4.42 Å². The summed E-state index contributed by atoms with van der Waals surface area (Å²) < 4.78 is 7.72. The van der Waals surface area contributed by atoms with Crippen LogP contribution in [-0.4, -0.2) is 25.2 Å². The second kappa shape index (κ2) is 5.51. The van der Waals surface area contributed by atoms with Crippen molar-refractivity contribution in [3.05, 3.63) is 60.0 Å². The fraction of sp³-hybridized carbons (Fsp3) is 0.263. The first-order valence-electron chi connectivity index (χ1n) is 8.49.